The van der Waals surface area contributed by atoms with Crippen molar-refractivity contribution in [3.63, 3.8) is 0 Å². The van der Waals surface area contributed by atoms with Crippen molar-refractivity contribution >= 4 is 5.97 Å². The number of aliphatic hydroxyl groups excluding tert-OH is 2. The van der Waals surface area contributed by atoms with E-state index in [4.69, 9.17) is 15.0 Å². The number of carbonyl (C=O) groups is 1. The molecule has 0 spiro atoms. The molecule has 20 heavy (non-hydrogen) atoms. The molecule has 0 aliphatic carbocycles. The summed E-state index contributed by atoms with van der Waals surface area (Å²) in [6.45, 7) is 5.06. The minimum atomic E-state index is -0.833. The first-order valence-electron chi connectivity index (χ1n) is 7.95. The van der Waals surface area contributed by atoms with Crippen LogP contribution in [0.25, 0.3) is 0 Å². The van der Waals surface area contributed by atoms with E-state index in [0.717, 1.165) is 19.8 Å². The van der Waals surface area contributed by atoms with Gasteiger partial charge in [0.25, 0.3) is 5.97 Å². The van der Waals surface area contributed by atoms with E-state index in [1.165, 1.54) is 44.9 Å². The summed E-state index contributed by atoms with van der Waals surface area (Å²) in [5, 5.41) is 26.0. The van der Waals surface area contributed by atoms with Gasteiger partial charge in [0.15, 0.2) is 0 Å². The summed E-state index contributed by atoms with van der Waals surface area (Å²) in [4.78, 5) is 9.00. The van der Waals surface area contributed by atoms with E-state index >= 15 is 0 Å². The summed E-state index contributed by atoms with van der Waals surface area (Å²) in [7, 11) is 0. The van der Waals surface area contributed by atoms with Crippen LogP contribution >= 0.6 is 0 Å². The van der Waals surface area contributed by atoms with Crippen molar-refractivity contribution in [1.29, 1.82) is 0 Å². The van der Waals surface area contributed by atoms with E-state index in [0.29, 0.717) is 6.42 Å². The van der Waals surface area contributed by atoms with Gasteiger partial charge in [-0.25, -0.2) is 0 Å². The predicted molar refractivity (Wildman–Crippen MR) is 82.8 cm³/mol. The number of aliphatic hydroxyl groups is 2. The molecule has 0 saturated heterocycles. The molecule has 0 saturated carbocycles. The molecule has 0 amide bonds. The van der Waals surface area contributed by atoms with E-state index in [9.17, 15) is 5.11 Å². The van der Waals surface area contributed by atoms with Crippen molar-refractivity contribution in [2.75, 3.05) is 0 Å². The molecule has 2 atom stereocenters. The van der Waals surface area contributed by atoms with Crippen molar-refractivity contribution < 1.29 is 20.1 Å². The summed E-state index contributed by atoms with van der Waals surface area (Å²) in [5.41, 5.74) is 0. The summed E-state index contributed by atoms with van der Waals surface area (Å²) >= 11 is 0. The molecule has 0 radical (unpaired) electrons. The monoisotopic (exact) mass is 290 g/mol. The molecule has 0 bridgehead atoms. The number of hydrogen-bond acceptors (Lipinski definition) is 3. The number of carboxylic acids is 1. The molecule has 4 nitrogen and oxygen atoms in total. The molecule has 0 aliphatic heterocycles. The fourth-order valence-corrected chi connectivity index (χ4v) is 2.03. The number of aliphatic carboxylic acids is 1. The molecule has 2 unspecified atom stereocenters. The van der Waals surface area contributed by atoms with Gasteiger partial charge >= 0.3 is 0 Å². The Morgan fingerprint density at radius 1 is 0.950 bits per heavy atom. The molecule has 0 aromatic rings. The van der Waals surface area contributed by atoms with Crippen molar-refractivity contribution in [3.05, 3.63) is 0 Å². The zero-order chi connectivity index (χ0) is 15.8. The van der Waals surface area contributed by atoms with Crippen molar-refractivity contribution in [1.82, 2.24) is 0 Å². The summed E-state index contributed by atoms with van der Waals surface area (Å²) in [5.74, 6) is -0.833. The predicted octanol–water partition coefficient (Wildman–Crippen LogP) is 3.74. The van der Waals surface area contributed by atoms with E-state index in [1.807, 2.05) is 0 Å². The van der Waals surface area contributed by atoms with Gasteiger partial charge in [-0.05, 0) is 19.8 Å². The van der Waals surface area contributed by atoms with Crippen LogP contribution in [0, 0.1) is 0 Å². The van der Waals surface area contributed by atoms with Crippen LogP contribution in [0.15, 0.2) is 0 Å². The minimum absolute atomic E-state index is 0.305. The summed E-state index contributed by atoms with van der Waals surface area (Å²) in [6, 6.07) is 0. The maximum atomic E-state index is 9.53. The molecule has 3 N–H and O–H groups in total. The van der Waals surface area contributed by atoms with Crippen molar-refractivity contribution in [2.45, 2.75) is 97.2 Å². The maximum absolute atomic E-state index is 9.53. The highest BCUT2D eigenvalue weighted by atomic mass is 16.4. The summed E-state index contributed by atoms with van der Waals surface area (Å²) in [6.07, 6.45) is 11.1. The molecule has 0 heterocycles. The van der Waals surface area contributed by atoms with Crippen LogP contribution in [-0.4, -0.2) is 33.5 Å². The first kappa shape index (κ1) is 21.7. The quantitative estimate of drug-likeness (QED) is 0.507. The lowest BCUT2D eigenvalue weighted by Crippen LogP contribution is -2.14. The van der Waals surface area contributed by atoms with Crippen LogP contribution in [0.1, 0.15) is 85.0 Å². The van der Waals surface area contributed by atoms with E-state index < -0.39 is 5.97 Å². The Bertz CT molecular complexity index is 201. The Morgan fingerprint density at radius 3 is 1.75 bits per heavy atom. The SMILES string of the molecule is CC(=O)O.CCCCCCCCCCC(O)CC(C)O. The first-order valence-corrected chi connectivity index (χ1v) is 7.95. The molecule has 0 aromatic carbocycles. The number of unbranched alkanes of at least 4 members (excludes halogenated alkanes) is 7. The second kappa shape index (κ2) is 16.4. The van der Waals surface area contributed by atoms with Crippen molar-refractivity contribution in [2.24, 2.45) is 0 Å². The third kappa shape index (κ3) is 26.1. The van der Waals surface area contributed by atoms with Crippen LogP contribution in [0.4, 0.5) is 0 Å². The van der Waals surface area contributed by atoms with Crippen molar-refractivity contribution in [3.8, 4) is 0 Å². The van der Waals surface area contributed by atoms with Gasteiger partial charge in [-0.15, -0.1) is 0 Å². The Morgan fingerprint density at radius 2 is 1.35 bits per heavy atom. The minimum Gasteiger partial charge on any atom is -0.481 e. The van der Waals surface area contributed by atoms with Gasteiger partial charge in [-0.1, -0.05) is 58.3 Å². The third-order valence-electron chi connectivity index (χ3n) is 3.00. The molecule has 0 aliphatic rings. The first-order chi connectivity index (χ1) is 9.40. The van der Waals surface area contributed by atoms with Gasteiger partial charge < -0.3 is 15.3 Å². The molecule has 0 fully saturated rings. The third-order valence-corrected chi connectivity index (χ3v) is 3.00. The fraction of sp³-hybridized carbons (Fsp3) is 0.938. The van der Waals surface area contributed by atoms with Gasteiger partial charge in [0, 0.05) is 6.92 Å². The highest BCUT2D eigenvalue weighted by Gasteiger charge is 2.06. The van der Waals surface area contributed by atoms with Gasteiger partial charge in [0.1, 0.15) is 0 Å². The Labute approximate surface area is 124 Å². The lowest BCUT2D eigenvalue weighted by Gasteiger charge is -2.11. The number of carboxylic acid groups (broad SMARTS) is 1. The summed E-state index contributed by atoms with van der Waals surface area (Å²) < 4.78 is 0. The average Bonchev–Trinajstić information content (AvgIpc) is 2.31. The molecular weight excluding hydrogens is 256 g/mol. The van der Waals surface area contributed by atoms with E-state index in [-0.39, 0.29) is 12.2 Å². The molecule has 0 rings (SSSR count). The highest BCUT2D eigenvalue weighted by Crippen LogP contribution is 2.12. The molecular formula is C16H34O4. The second-order valence-electron chi connectivity index (χ2n) is 5.52. The molecule has 0 aromatic heterocycles. The molecule has 122 valence electrons. The van der Waals surface area contributed by atoms with E-state index in [2.05, 4.69) is 6.92 Å². The number of hydrogen-bond donors (Lipinski definition) is 3. The van der Waals surface area contributed by atoms with E-state index in [1.54, 1.807) is 6.92 Å². The molecule has 4 heteroatoms. The standard InChI is InChI=1S/C14H30O2.C2H4O2/c1-3-4-5-6-7-8-9-10-11-14(16)12-13(2)15;1-2(3)4/h13-16H,3-12H2,1-2H3;1H3,(H,3,4). The van der Waals surface area contributed by atoms with Crippen LogP contribution in [0.2, 0.25) is 0 Å². The van der Waals surface area contributed by atoms with Crippen LogP contribution in [-0.2, 0) is 4.79 Å². The number of rotatable bonds is 11. The topological polar surface area (TPSA) is 77.8 Å². The largest absolute Gasteiger partial charge is 0.481 e. The van der Waals surface area contributed by atoms with Gasteiger partial charge in [-0.2, -0.15) is 0 Å². The Hall–Kier alpha value is -0.610. The smallest absolute Gasteiger partial charge is 0.300 e. The Kier molecular flexibility index (Phi) is 17.8. The fourth-order valence-electron chi connectivity index (χ4n) is 2.03. The second-order valence-corrected chi connectivity index (χ2v) is 5.52. The van der Waals surface area contributed by atoms with Crippen LogP contribution < -0.4 is 0 Å². The maximum Gasteiger partial charge on any atom is 0.300 e. The highest BCUT2D eigenvalue weighted by molar-refractivity contribution is 5.62. The normalized spacial score (nSPS) is 13.2. The van der Waals surface area contributed by atoms with Crippen LogP contribution in [0.5, 0.6) is 0 Å². The Balaban J connectivity index is 0. The van der Waals surface area contributed by atoms with Crippen LogP contribution in [0.3, 0.4) is 0 Å². The van der Waals surface area contributed by atoms with Gasteiger partial charge in [0.05, 0.1) is 12.2 Å². The zero-order valence-electron chi connectivity index (χ0n) is 13.5. The zero-order valence-corrected chi connectivity index (χ0v) is 13.5. The average molecular weight is 290 g/mol. The van der Waals surface area contributed by atoms with Gasteiger partial charge in [-0.3, -0.25) is 4.79 Å². The van der Waals surface area contributed by atoms with Gasteiger partial charge in [0.2, 0.25) is 0 Å². The lowest BCUT2D eigenvalue weighted by atomic mass is 10.0. The lowest BCUT2D eigenvalue weighted by molar-refractivity contribution is -0.134.